The minimum atomic E-state index is -3.75. The summed E-state index contributed by atoms with van der Waals surface area (Å²) < 4.78 is 44.6. The van der Waals surface area contributed by atoms with Crippen molar-refractivity contribution in [1.82, 2.24) is 5.32 Å². The fourth-order valence-corrected chi connectivity index (χ4v) is 5.23. The van der Waals surface area contributed by atoms with Crippen LogP contribution in [0.2, 0.25) is 0 Å². The van der Waals surface area contributed by atoms with Crippen LogP contribution in [0.4, 0.5) is 5.69 Å². The van der Waals surface area contributed by atoms with Crippen molar-refractivity contribution in [3.63, 3.8) is 0 Å². The molecule has 8 nitrogen and oxygen atoms in total. The quantitative estimate of drug-likeness (QED) is 0.472. The highest BCUT2D eigenvalue weighted by atomic mass is 32.2. The van der Waals surface area contributed by atoms with Gasteiger partial charge in [-0.2, -0.15) is 0 Å². The minimum absolute atomic E-state index is 0.120. The predicted octanol–water partition coefficient (Wildman–Crippen LogP) is 2.99. The number of ether oxygens (including phenoxy) is 3. The third-order valence-electron chi connectivity index (χ3n) is 5.28. The molecule has 0 saturated heterocycles. The zero-order chi connectivity index (χ0) is 24.0. The highest BCUT2D eigenvalue weighted by Crippen LogP contribution is 2.35. The van der Waals surface area contributed by atoms with Crippen molar-refractivity contribution in [3.05, 3.63) is 84.4 Å². The minimum Gasteiger partial charge on any atom is -0.493 e. The number of hydrogen-bond donors (Lipinski definition) is 1. The van der Waals surface area contributed by atoms with E-state index in [1.54, 1.807) is 67.8 Å². The molecule has 0 aromatic heterocycles. The van der Waals surface area contributed by atoms with E-state index < -0.39 is 22.0 Å². The van der Waals surface area contributed by atoms with Gasteiger partial charge in [0.15, 0.2) is 17.6 Å². The van der Waals surface area contributed by atoms with Crippen LogP contribution in [0.3, 0.4) is 0 Å². The number of anilines is 1. The summed E-state index contributed by atoms with van der Waals surface area (Å²) in [6.45, 7) is 0.311. The molecule has 0 aliphatic carbocycles. The number of carbonyl (C=O) groups is 1. The van der Waals surface area contributed by atoms with E-state index in [4.69, 9.17) is 14.2 Å². The molecule has 4 rings (SSSR count). The Morgan fingerprint density at radius 3 is 2.44 bits per heavy atom. The van der Waals surface area contributed by atoms with E-state index in [0.29, 0.717) is 28.5 Å². The maximum absolute atomic E-state index is 13.3. The van der Waals surface area contributed by atoms with Gasteiger partial charge in [-0.3, -0.25) is 9.10 Å². The number of amides is 1. The van der Waals surface area contributed by atoms with Gasteiger partial charge in [-0.1, -0.05) is 54.6 Å². The fourth-order valence-electron chi connectivity index (χ4n) is 3.65. The van der Waals surface area contributed by atoms with Crippen LogP contribution in [-0.4, -0.2) is 47.2 Å². The van der Waals surface area contributed by atoms with E-state index in [-0.39, 0.29) is 25.4 Å². The molecule has 1 amide bonds. The highest BCUT2D eigenvalue weighted by Gasteiger charge is 2.36. The van der Waals surface area contributed by atoms with Gasteiger partial charge in [0.05, 0.1) is 31.6 Å². The summed E-state index contributed by atoms with van der Waals surface area (Å²) in [6.07, 6.45) is -0.994. The lowest BCUT2D eigenvalue weighted by Crippen LogP contribution is -2.51. The van der Waals surface area contributed by atoms with Crippen LogP contribution in [-0.2, 0) is 20.6 Å². The first-order chi connectivity index (χ1) is 16.5. The molecule has 3 aromatic rings. The van der Waals surface area contributed by atoms with Gasteiger partial charge in [0, 0.05) is 0 Å². The maximum Gasteiger partial charge on any atom is 0.263 e. The standard InChI is InChI=1S/C25H26N2O6S/c1-31-22-13-7-8-14-23(22)32-16-15-26-25(28)24-17-27(20-11-5-6-12-21(20)33-24)34(29,30)18-19-9-3-2-4-10-19/h2-14,24H,15-18H2,1H3,(H,26,28)/t24-/m1/s1. The van der Waals surface area contributed by atoms with Gasteiger partial charge in [-0.25, -0.2) is 8.42 Å². The van der Waals surface area contributed by atoms with Gasteiger partial charge < -0.3 is 19.5 Å². The van der Waals surface area contributed by atoms with Crippen LogP contribution >= 0.6 is 0 Å². The number of hydrogen-bond acceptors (Lipinski definition) is 6. The van der Waals surface area contributed by atoms with Crippen molar-refractivity contribution in [2.75, 3.05) is 31.1 Å². The van der Waals surface area contributed by atoms with Crippen LogP contribution in [0.15, 0.2) is 78.9 Å². The summed E-state index contributed by atoms with van der Waals surface area (Å²) in [5.74, 6) is 0.915. The molecule has 1 heterocycles. The van der Waals surface area contributed by atoms with E-state index in [1.807, 2.05) is 18.2 Å². The molecule has 0 fully saturated rings. The molecule has 34 heavy (non-hydrogen) atoms. The molecule has 3 aromatic carbocycles. The topological polar surface area (TPSA) is 94.2 Å². The second-order valence-corrected chi connectivity index (χ2v) is 9.53. The fraction of sp³-hybridized carbons (Fsp3) is 0.240. The van der Waals surface area contributed by atoms with Crippen LogP contribution in [0.25, 0.3) is 0 Å². The molecule has 0 unspecified atom stereocenters. The van der Waals surface area contributed by atoms with Gasteiger partial charge in [0.1, 0.15) is 12.4 Å². The van der Waals surface area contributed by atoms with Crippen LogP contribution in [0.1, 0.15) is 5.56 Å². The summed E-state index contributed by atoms with van der Waals surface area (Å²) in [6, 6.07) is 23.0. The van der Waals surface area contributed by atoms with E-state index >= 15 is 0 Å². The number of fused-ring (bicyclic) bond motifs is 1. The first-order valence-corrected chi connectivity index (χ1v) is 12.4. The average Bonchev–Trinajstić information content (AvgIpc) is 2.86. The average molecular weight is 483 g/mol. The van der Waals surface area contributed by atoms with Gasteiger partial charge >= 0.3 is 0 Å². The molecule has 1 atom stereocenters. The predicted molar refractivity (Wildman–Crippen MR) is 129 cm³/mol. The Kier molecular flexibility index (Phi) is 7.22. The van der Waals surface area contributed by atoms with Gasteiger partial charge in [-0.15, -0.1) is 0 Å². The van der Waals surface area contributed by atoms with Crippen LogP contribution in [0.5, 0.6) is 17.2 Å². The van der Waals surface area contributed by atoms with Crippen molar-refractivity contribution in [3.8, 4) is 17.2 Å². The Morgan fingerprint density at radius 1 is 1.00 bits per heavy atom. The number of sulfonamides is 1. The molecule has 9 heteroatoms. The van der Waals surface area contributed by atoms with Gasteiger partial charge in [-0.05, 0) is 29.8 Å². The Bertz CT molecular complexity index is 1230. The van der Waals surface area contributed by atoms with Gasteiger partial charge in [0.25, 0.3) is 5.91 Å². The lowest BCUT2D eigenvalue weighted by molar-refractivity contribution is -0.127. The van der Waals surface area contributed by atoms with Crippen molar-refractivity contribution in [2.45, 2.75) is 11.9 Å². The van der Waals surface area contributed by atoms with Crippen molar-refractivity contribution < 1.29 is 27.4 Å². The monoisotopic (exact) mass is 482 g/mol. The molecule has 0 spiro atoms. The van der Waals surface area contributed by atoms with Crippen molar-refractivity contribution >= 4 is 21.6 Å². The summed E-state index contributed by atoms with van der Waals surface area (Å²) in [4.78, 5) is 12.8. The van der Waals surface area contributed by atoms with Crippen molar-refractivity contribution in [2.24, 2.45) is 0 Å². The maximum atomic E-state index is 13.3. The number of benzene rings is 3. The SMILES string of the molecule is COc1ccccc1OCCNC(=O)[C@H]1CN(S(=O)(=O)Cc2ccccc2)c2ccccc2O1. The van der Waals surface area contributed by atoms with E-state index in [1.165, 1.54) is 4.31 Å². The Labute approximate surface area is 199 Å². The zero-order valence-corrected chi connectivity index (χ0v) is 19.5. The molecular formula is C25H26N2O6S. The largest absolute Gasteiger partial charge is 0.493 e. The Balaban J connectivity index is 1.42. The molecule has 1 N–H and O–H groups in total. The second-order valence-electron chi connectivity index (χ2n) is 7.64. The van der Waals surface area contributed by atoms with E-state index in [0.717, 1.165) is 0 Å². The first kappa shape index (κ1) is 23.4. The number of nitrogens with one attached hydrogen (secondary N) is 1. The smallest absolute Gasteiger partial charge is 0.263 e. The molecule has 178 valence electrons. The first-order valence-electron chi connectivity index (χ1n) is 10.8. The zero-order valence-electron chi connectivity index (χ0n) is 18.7. The molecule has 1 aliphatic rings. The Morgan fingerprint density at radius 2 is 1.68 bits per heavy atom. The number of methoxy groups -OCH3 is 1. The van der Waals surface area contributed by atoms with Crippen molar-refractivity contribution in [1.29, 1.82) is 0 Å². The normalized spacial score (nSPS) is 15.1. The summed E-state index contributed by atoms with van der Waals surface area (Å²) in [5.41, 5.74) is 1.09. The summed E-state index contributed by atoms with van der Waals surface area (Å²) in [5, 5.41) is 2.76. The third kappa shape index (κ3) is 5.43. The number of rotatable bonds is 9. The lowest BCUT2D eigenvalue weighted by atomic mass is 10.2. The summed E-state index contributed by atoms with van der Waals surface area (Å²) >= 11 is 0. The molecule has 0 radical (unpaired) electrons. The molecule has 0 saturated carbocycles. The van der Waals surface area contributed by atoms with Crippen LogP contribution in [0, 0.1) is 0 Å². The van der Waals surface area contributed by atoms with Crippen LogP contribution < -0.4 is 23.8 Å². The van der Waals surface area contributed by atoms with E-state index in [9.17, 15) is 13.2 Å². The summed E-state index contributed by atoms with van der Waals surface area (Å²) in [7, 11) is -2.19. The third-order valence-corrected chi connectivity index (χ3v) is 7.00. The number of carbonyl (C=O) groups excluding carboxylic acids is 1. The Hall–Kier alpha value is -3.72. The molecule has 0 bridgehead atoms. The number of para-hydroxylation sites is 4. The van der Waals surface area contributed by atoms with E-state index in [2.05, 4.69) is 5.32 Å². The number of nitrogens with zero attached hydrogens (tertiary/aromatic N) is 1. The molecular weight excluding hydrogens is 456 g/mol. The lowest BCUT2D eigenvalue weighted by Gasteiger charge is -2.34. The van der Waals surface area contributed by atoms with Gasteiger partial charge in [0.2, 0.25) is 10.0 Å². The molecule has 1 aliphatic heterocycles. The highest BCUT2D eigenvalue weighted by molar-refractivity contribution is 7.92. The second kappa shape index (κ2) is 10.5.